The molecule has 1 fully saturated rings. The van der Waals surface area contributed by atoms with Gasteiger partial charge in [-0.1, -0.05) is 26.7 Å². The summed E-state index contributed by atoms with van der Waals surface area (Å²) in [4.78, 5) is 8.51. The Morgan fingerprint density at radius 2 is 2.00 bits per heavy atom. The molecule has 1 aromatic heterocycles. The van der Waals surface area contributed by atoms with Crippen molar-refractivity contribution in [3.05, 3.63) is 16.1 Å². The van der Waals surface area contributed by atoms with E-state index in [1.54, 1.807) is 0 Å². The molecule has 0 radical (unpaired) electrons. The molecule has 0 aliphatic carbocycles. The maximum atomic E-state index is 4.58. The zero-order valence-electron chi connectivity index (χ0n) is 12.3. The van der Waals surface area contributed by atoms with E-state index in [4.69, 9.17) is 0 Å². The zero-order chi connectivity index (χ0) is 13.5. The maximum absolute atomic E-state index is 4.58. The number of thiazole rings is 1. The van der Waals surface area contributed by atoms with Crippen molar-refractivity contribution < 1.29 is 0 Å². The van der Waals surface area contributed by atoms with Crippen LogP contribution in [0.15, 0.2) is 6.20 Å². The summed E-state index contributed by atoms with van der Waals surface area (Å²) in [6.07, 6.45) is 7.56. The molecule has 1 aromatic rings. The highest BCUT2D eigenvalue weighted by Crippen LogP contribution is 2.17. The lowest BCUT2D eigenvalue weighted by Crippen LogP contribution is -2.23. The van der Waals surface area contributed by atoms with Crippen LogP contribution in [-0.2, 0) is 13.1 Å². The molecule has 3 nitrogen and oxygen atoms in total. The van der Waals surface area contributed by atoms with Gasteiger partial charge in [0.25, 0.3) is 0 Å². The Kier molecular flexibility index (Phi) is 6.28. The Hall–Kier alpha value is -0.450. The van der Waals surface area contributed by atoms with Gasteiger partial charge in [-0.15, -0.1) is 11.3 Å². The molecule has 0 bridgehead atoms. The smallest absolute Gasteiger partial charge is 0.107 e. The van der Waals surface area contributed by atoms with E-state index in [1.807, 2.05) is 17.5 Å². The van der Waals surface area contributed by atoms with Crippen LogP contribution in [0.5, 0.6) is 0 Å². The first kappa shape index (κ1) is 14.9. The van der Waals surface area contributed by atoms with Crippen LogP contribution in [0.3, 0.4) is 0 Å². The number of nitrogens with zero attached hydrogens (tertiary/aromatic N) is 2. The van der Waals surface area contributed by atoms with Gasteiger partial charge in [0, 0.05) is 17.6 Å². The second-order valence-electron chi connectivity index (χ2n) is 5.94. The first-order chi connectivity index (χ1) is 9.24. The van der Waals surface area contributed by atoms with Gasteiger partial charge in [-0.25, -0.2) is 4.98 Å². The normalized spacial score (nSPS) is 17.8. The molecular weight excluding hydrogens is 254 g/mol. The molecule has 0 aromatic carbocycles. The minimum Gasteiger partial charge on any atom is -0.312 e. The number of likely N-dealkylation sites (tertiary alicyclic amines) is 1. The van der Waals surface area contributed by atoms with Gasteiger partial charge in [-0.05, 0) is 38.4 Å². The minimum atomic E-state index is 0.712. The highest BCUT2D eigenvalue weighted by molar-refractivity contribution is 7.11. The van der Waals surface area contributed by atoms with E-state index >= 15 is 0 Å². The van der Waals surface area contributed by atoms with Crippen molar-refractivity contribution in [1.29, 1.82) is 0 Å². The summed E-state index contributed by atoms with van der Waals surface area (Å²) in [5.41, 5.74) is 0. The molecule has 1 saturated heterocycles. The number of nitrogens with one attached hydrogen (secondary N) is 1. The van der Waals surface area contributed by atoms with E-state index < -0.39 is 0 Å². The van der Waals surface area contributed by atoms with Crippen molar-refractivity contribution in [1.82, 2.24) is 15.2 Å². The van der Waals surface area contributed by atoms with Crippen LogP contribution in [0.2, 0.25) is 0 Å². The Morgan fingerprint density at radius 1 is 1.26 bits per heavy atom. The Labute approximate surface area is 121 Å². The lowest BCUT2D eigenvalue weighted by Gasteiger charge is -2.17. The quantitative estimate of drug-likeness (QED) is 0.867. The Bertz CT molecular complexity index is 354. The second-order valence-corrected chi connectivity index (χ2v) is 7.14. The molecule has 0 spiro atoms. The lowest BCUT2D eigenvalue weighted by molar-refractivity contribution is 0.276. The third-order valence-electron chi connectivity index (χ3n) is 3.51. The molecule has 2 rings (SSSR count). The van der Waals surface area contributed by atoms with E-state index in [1.165, 1.54) is 48.7 Å². The van der Waals surface area contributed by atoms with E-state index in [2.05, 4.69) is 29.0 Å². The van der Waals surface area contributed by atoms with E-state index in [-0.39, 0.29) is 0 Å². The van der Waals surface area contributed by atoms with Gasteiger partial charge in [-0.3, -0.25) is 4.90 Å². The lowest BCUT2D eigenvalue weighted by atomic mass is 10.2. The van der Waals surface area contributed by atoms with Gasteiger partial charge in [0.1, 0.15) is 5.01 Å². The number of aromatic nitrogens is 1. The molecule has 108 valence electrons. The van der Waals surface area contributed by atoms with Crippen molar-refractivity contribution in [2.45, 2.75) is 52.6 Å². The summed E-state index contributed by atoms with van der Waals surface area (Å²) in [6, 6.07) is 0. The van der Waals surface area contributed by atoms with Gasteiger partial charge >= 0.3 is 0 Å². The van der Waals surface area contributed by atoms with Crippen LogP contribution in [0.25, 0.3) is 0 Å². The molecule has 1 N–H and O–H groups in total. The summed E-state index contributed by atoms with van der Waals surface area (Å²) >= 11 is 1.87. The largest absolute Gasteiger partial charge is 0.312 e. The first-order valence-corrected chi connectivity index (χ1v) is 8.42. The molecule has 4 heteroatoms. The van der Waals surface area contributed by atoms with Crippen molar-refractivity contribution >= 4 is 11.3 Å². The fourth-order valence-electron chi connectivity index (χ4n) is 2.47. The van der Waals surface area contributed by atoms with Crippen LogP contribution in [-0.4, -0.2) is 29.5 Å². The highest BCUT2D eigenvalue weighted by atomic mass is 32.1. The molecule has 1 aliphatic rings. The van der Waals surface area contributed by atoms with Crippen LogP contribution in [0, 0.1) is 5.92 Å². The predicted octanol–water partition coefficient (Wildman–Crippen LogP) is 3.26. The summed E-state index contributed by atoms with van der Waals surface area (Å²) in [6.45, 7) is 10.1. The van der Waals surface area contributed by atoms with Crippen LogP contribution in [0.4, 0.5) is 0 Å². The third kappa shape index (κ3) is 5.59. The van der Waals surface area contributed by atoms with Crippen LogP contribution in [0.1, 0.15) is 49.4 Å². The van der Waals surface area contributed by atoms with Crippen molar-refractivity contribution in [2.24, 2.45) is 5.92 Å². The molecule has 0 saturated carbocycles. The Balaban J connectivity index is 1.76. The summed E-state index contributed by atoms with van der Waals surface area (Å²) in [5.74, 6) is 0.712. The SMILES string of the molecule is CC(C)CNCc1cnc(CN2CCCCCC2)s1. The van der Waals surface area contributed by atoms with Gasteiger partial charge in [0.15, 0.2) is 0 Å². The van der Waals surface area contributed by atoms with Gasteiger partial charge < -0.3 is 5.32 Å². The average Bonchev–Trinajstić information content (AvgIpc) is 2.65. The van der Waals surface area contributed by atoms with E-state index in [0.717, 1.165) is 19.6 Å². The maximum Gasteiger partial charge on any atom is 0.107 e. The second kappa shape index (κ2) is 7.98. The summed E-state index contributed by atoms with van der Waals surface area (Å²) in [5, 5.41) is 4.77. The minimum absolute atomic E-state index is 0.712. The van der Waals surface area contributed by atoms with E-state index in [0.29, 0.717) is 5.92 Å². The summed E-state index contributed by atoms with van der Waals surface area (Å²) in [7, 11) is 0. The monoisotopic (exact) mass is 281 g/mol. The zero-order valence-corrected chi connectivity index (χ0v) is 13.1. The fraction of sp³-hybridized carbons (Fsp3) is 0.800. The average molecular weight is 281 g/mol. The van der Waals surface area contributed by atoms with Gasteiger partial charge in [0.2, 0.25) is 0 Å². The third-order valence-corrected chi connectivity index (χ3v) is 4.49. The van der Waals surface area contributed by atoms with Crippen LogP contribution < -0.4 is 5.32 Å². The van der Waals surface area contributed by atoms with Crippen molar-refractivity contribution in [3.63, 3.8) is 0 Å². The van der Waals surface area contributed by atoms with E-state index in [9.17, 15) is 0 Å². The Morgan fingerprint density at radius 3 is 2.68 bits per heavy atom. The molecular formula is C15H27N3S. The van der Waals surface area contributed by atoms with Crippen molar-refractivity contribution in [2.75, 3.05) is 19.6 Å². The molecule has 1 aliphatic heterocycles. The molecule has 0 atom stereocenters. The molecule has 0 amide bonds. The van der Waals surface area contributed by atoms with Crippen molar-refractivity contribution in [3.8, 4) is 0 Å². The van der Waals surface area contributed by atoms with Gasteiger partial charge in [0.05, 0.1) is 6.54 Å². The fourth-order valence-corrected chi connectivity index (χ4v) is 3.41. The summed E-state index contributed by atoms with van der Waals surface area (Å²) < 4.78 is 0. The molecule has 0 unspecified atom stereocenters. The number of hydrogen-bond acceptors (Lipinski definition) is 4. The number of rotatable bonds is 6. The predicted molar refractivity (Wildman–Crippen MR) is 82.4 cm³/mol. The number of hydrogen-bond donors (Lipinski definition) is 1. The first-order valence-electron chi connectivity index (χ1n) is 7.60. The molecule has 2 heterocycles. The topological polar surface area (TPSA) is 28.2 Å². The highest BCUT2D eigenvalue weighted by Gasteiger charge is 2.11. The van der Waals surface area contributed by atoms with Gasteiger partial charge in [-0.2, -0.15) is 0 Å². The van der Waals surface area contributed by atoms with Crippen LogP contribution >= 0.6 is 11.3 Å². The standard InChI is InChI=1S/C15H27N3S/c1-13(2)9-16-10-14-11-17-15(19-14)12-18-7-5-3-4-6-8-18/h11,13,16H,3-10,12H2,1-2H3. The molecule has 19 heavy (non-hydrogen) atoms.